The number of hydrogen-bond acceptors (Lipinski definition) is 5. The van der Waals surface area contributed by atoms with Gasteiger partial charge < -0.3 is 14.7 Å². The van der Waals surface area contributed by atoms with Crippen LogP contribution in [-0.4, -0.2) is 67.3 Å². The van der Waals surface area contributed by atoms with Gasteiger partial charge in [0.15, 0.2) is 0 Å². The molecule has 1 aromatic carbocycles. The minimum atomic E-state index is -4.97. The van der Waals surface area contributed by atoms with Gasteiger partial charge in [-0.2, -0.15) is 31.4 Å². The predicted octanol–water partition coefficient (Wildman–Crippen LogP) is 6.38. The molecule has 0 bridgehead atoms. The standard InChI is InChI=1S/C29H33F6N7O/c1-3-24-12-25(18-42(24)27(43)40-7-5-4-6-8-40)41(26-36-13-20(14-37-26)21-15-38-39(2)17-21)16-19-9-22(28(30,31)32)11-23(10-19)29(33,34)35/h9-11,13-15,17,24-25H,3-8,12,16,18H2,1-2H3/t24-,25+/m1/s1. The average Bonchev–Trinajstić information content (AvgIpc) is 3.61. The minimum absolute atomic E-state index is 0.0970. The molecule has 3 aromatic rings. The van der Waals surface area contributed by atoms with Crippen LogP contribution in [0.4, 0.5) is 37.1 Å². The van der Waals surface area contributed by atoms with E-state index in [1.165, 1.54) is 0 Å². The Morgan fingerprint density at radius 3 is 2.09 bits per heavy atom. The van der Waals surface area contributed by atoms with E-state index in [9.17, 15) is 31.1 Å². The lowest BCUT2D eigenvalue weighted by molar-refractivity contribution is -0.143. The molecule has 0 unspecified atom stereocenters. The van der Waals surface area contributed by atoms with Crippen LogP contribution in [0.3, 0.4) is 0 Å². The summed E-state index contributed by atoms with van der Waals surface area (Å²) in [6, 6.07) is 0.898. The van der Waals surface area contributed by atoms with Crippen molar-refractivity contribution in [3.8, 4) is 11.1 Å². The highest BCUT2D eigenvalue weighted by molar-refractivity contribution is 5.75. The number of likely N-dealkylation sites (tertiary alicyclic amines) is 2. The number of anilines is 1. The van der Waals surface area contributed by atoms with Gasteiger partial charge in [0, 0.05) is 69.0 Å². The van der Waals surface area contributed by atoms with E-state index in [2.05, 4.69) is 15.1 Å². The molecule has 2 atom stereocenters. The van der Waals surface area contributed by atoms with E-state index in [0.29, 0.717) is 31.5 Å². The van der Waals surface area contributed by atoms with E-state index >= 15 is 0 Å². The molecule has 232 valence electrons. The Balaban J connectivity index is 1.50. The Labute approximate surface area is 245 Å². The number of rotatable bonds is 6. The van der Waals surface area contributed by atoms with Gasteiger partial charge in [-0.3, -0.25) is 4.68 Å². The topological polar surface area (TPSA) is 70.4 Å². The molecular weight excluding hydrogens is 576 g/mol. The van der Waals surface area contributed by atoms with Crippen LogP contribution >= 0.6 is 0 Å². The van der Waals surface area contributed by atoms with Crippen molar-refractivity contribution in [2.45, 2.75) is 70.0 Å². The highest BCUT2D eigenvalue weighted by Gasteiger charge is 2.41. The van der Waals surface area contributed by atoms with Gasteiger partial charge in [0.2, 0.25) is 5.95 Å². The number of benzene rings is 1. The van der Waals surface area contributed by atoms with Gasteiger partial charge in [-0.25, -0.2) is 14.8 Å². The first kappa shape index (κ1) is 30.6. The van der Waals surface area contributed by atoms with Gasteiger partial charge in [-0.05, 0) is 55.9 Å². The zero-order valence-electron chi connectivity index (χ0n) is 23.9. The molecule has 43 heavy (non-hydrogen) atoms. The quantitative estimate of drug-likeness (QED) is 0.304. The van der Waals surface area contributed by atoms with Crippen LogP contribution in [0.25, 0.3) is 11.1 Å². The molecule has 2 saturated heterocycles. The zero-order valence-corrected chi connectivity index (χ0v) is 23.9. The number of carbonyl (C=O) groups is 1. The molecule has 2 aliphatic heterocycles. The van der Waals surface area contributed by atoms with E-state index in [-0.39, 0.29) is 42.7 Å². The van der Waals surface area contributed by atoms with Crippen LogP contribution in [0.1, 0.15) is 55.7 Å². The van der Waals surface area contributed by atoms with Crippen molar-refractivity contribution in [2.24, 2.45) is 7.05 Å². The van der Waals surface area contributed by atoms with E-state index in [4.69, 9.17) is 0 Å². The summed E-state index contributed by atoms with van der Waals surface area (Å²) in [6.07, 6.45) is 0.546. The molecule has 0 spiro atoms. The van der Waals surface area contributed by atoms with Crippen molar-refractivity contribution in [1.82, 2.24) is 29.5 Å². The smallest absolute Gasteiger partial charge is 0.332 e. The van der Waals surface area contributed by atoms with Gasteiger partial charge in [0.05, 0.1) is 23.4 Å². The largest absolute Gasteiger partial charge is 0.416 e. The Morgan fingerprint density at radius 2 is 1.56 bits per heavy atom. The molecule has 8 nitrogen and oxygen atoms in total. The fraction of sp³-hybridized carbons (Fsp3) is 0.517. The molecule has 0 saturated carbocycles. The molecule has 2 aromatic heterocycles. The second-order valence-electron chi connectivity index (χ2n) is 11.2. The van der Waals surface area contributed by atoms with Crippen molar-refractivity contribution >= 4 is 12.0 Å². The number of halogens is 6. The fourth-order valence-corrected chi connectivity index (χ4v) is 5.87. The number of amides is 2. The molecule has 2 fully saturated rings. The summed E-state index contributed by atoms with van der Waals surface area (Å²) in [4.78, 5) is 27.7. The Hall–Kier alpha value is -3.84. The molecule has 0 N–H and O–H groups in total. The van der Waals surface area contributed by atoms with E-state index in [1.54, 1.807) is 46.3 Å². The van der Waals surface area contributed by atoms with E-state index in [0.717, 1.165) is 37.0 Å². The molecule has 14 heteroatoms. The lowest BCUT2D eigenvalue weighted by Crippen LogP contribution is -2.48. The van der Waals surface area contributed by atoms with Gasteiger partial charge in [-0.1, -0.05) is 6.92 Å². The van der Waals surface area contributed by atoms with Crippen molar-refractivity contribution < 1.29 is 31.1 Å². The van der Waals surface area contributed by atoms with Crippen molar-refractivity contribution in [3.63, 3.8) is 0 Å². The highest BCUT2D eigenvalue weighted by Crippen LogP contribution is 2.37. The molecule has 0 aliphatic carbocycles. The summed E-state index contributed by atoms with van der Waals surface area (Å²) in [5.74, 6) is 0.144. The average molecular weight is 610 g/mol. The summed E-state index contributed by atoms with van der Waals surface area (Å²) in [7, 11) is 1.76. The van der Waals surface area contributed by atoms with E-state index in [1.807, 2.05) is 11.8 Å². The SMILES string of the molecule is CC[C@@H]1C[C@H](N(Cc2cc(C(F)(F)F)cc(C(F)(F)F)c2)c2ncc(-c3cnn(C)c3)cn2)CN1C(=O)N1CCCCC1. The van der Waals surface area contributed by atoms with Crippen LogP contribution < -0.4 is 4.90 Å². The molecule has 0 radical (unpaired) electrons. The maximum atomic E-state index is 13.7. The number of urea groups is 1. The van der Waals surface area contributed by atoms with Crippen LogP contribution in [0.15, 0.2) is 43.0 Å². The normalized spacial score (nSPS) is 19.6. The molecule has 5 rings (SSSR count). The second kappa shape index (κ2) is 12.0. The summed E-state index contributed by atoms with van der Waals surface area (Å²) in [5.41, 5.74) is -1.56. The monoisotopic (exact) mass is 609 g/mol. The summed E-state index contributed by atoms with van der Waals surface area (Å²) in [5, 5.41) is 4.13. The number of carbonyl (C=O) groups excluding carboxylic acids is 1. The molecular formula is C29H33F6N7O. The number of aryl methyl sites for hydroxylation is 1. The summed E-state index contributed by atoms with van der Waals surface area (Å²) >= 11 is 0. The van der Waals surface area contributed by atoms with Crippen molar-refractivity contribution in [1.29, 1.82) is 0 Å². The van der Waals surface area contributed by atoms with Crippen molar-refractivity contribution in [3.05, 3.63) is 59.7 Å². The van der Waals surface area contributed by atoms with Gasteiger partial charge in [0.1, 0.15) is 0 Å². The van der Waals surface area contributed by atoms with Crippen molar-refractivity contribution in [2.75, 3.05) is 24.5 Å². The maximum absolute atomic E-state index is 13.7. The number of hydrogen-bond donors (Lipinski definition) is 0. The first-order valence-electron chi connectivity index (χ1n) is 14.2. The third kappa shape index (κ3) is 6.88. The maximum Gasteiger partial charge on any atom is 0.416 e. The molecule has 2 aliphatic rings. The van der Waals surface area contributed by atoms with Crippen LogP contribution in [0.5, 0.6) is 0 Å². The number of aromatic nitrogens is 4. The minimum Gasteiger partial charge on any atom is -0.332 e. The third-order valence-corrected chi connectivity index (χ3v) is 8.11. The zero-order chi connectivity index (χ0) is 30.9. The van der Waals surface area contributed by atoms with Crippen LogP contribution in [0.2, 0.25) is 0 Å². The van der Waals surface area contributed by atoms with Gasteiger partial charge >= 0.3 is 18.4 Å². The summed E-state index contributed by atoms with van der Waals surface area (Å²) < 4.78 is 83.6. The Bertz CT molecular complexity index is 1380. The Kier molecular flexibility index (Phi) is 8.57. The first-order chi connectivity index (χ1) is 20.3. The lowest BCUT2D eigenvalue weighted by Gasteiger charge is -2.34. The van der Waals surface area contributed by atoms with Gasteiger partial charge in [-0.15, -0.1) is 0 Å². The predicted molar refractivity (Wildman–Crippen MR) is 147 cm³/mol. The van der Waals surface area contributed by atoms with Gasteiger partial charge in [0.25, 0.3) is 0 Å². The fourth-order valence-electron chi connectivity index (χ4n) is 5.87. The number of alkyl halides is 6. The second-order valence-corrected chi connectivity index (χ2v) is 11.2. The Morgan fingerprint density at radius 1 is 0.930 bits per heavy atom. The third-order valence-electron chi connectivity index (χ3n) is 8.11. The van der Waals surface area contributed by atoms with E-state index < -0.39 is 29.5 Å². The highest BCUT2D eigenvalue weighted by atomic mass is 19.4. The van der Waals surface area contributed by atoms with Crippen LogP contribution in [0, 0.1) is 0 Å². The number of piperidine rings is 1. The van der Waals surface area contributed by atoms with Crippen LogP contribution in [-0.2, 0) is 25.9 Å². The molecule has 4 heterocycles. The summed E-state index contributed by atoms with van der Waals surface area (Å²) in [6.45, 7) is 3.20. The molecule has 2 amide bonds. The number of nitrogens with zero attached hydrogens (tertiary/aromatic N) is 7. The lowest BCUT2D eigenvalue weighted by atomic mass is 10.0. The first-order valence-corrected chi connectivity index (χ1v) is 14.2.